The van der Waals surface area contributed by atoms with Crippen molar-refractivity contribution in [1.29, 1.82) is 0 Å². The van der Waals surface area contributed by atoms with Gasteiger partial charge in [-0.2, -0.15) is 0 Å². The van der Waals surface area contributed by atoms with E-state index >= 15 is 0 Å². The second kappa shape index (κ2) is 5.95. The fourth-order valence-electron chi connectivity index (χ4n) is 2.39. The molecule has 20 heavy (non-hydrogen) atoms. The zero-order chi connectivity index (χ0) is 14.7. The highest BCUT2D eigenvalue weighted by molar-refractivity contribution is 5.66. The molecule has 2 aromatic rings. The minimum Gasteiger partial charge on any atom is -0.481 e. The third-order valence-corrected chi connectivity index (χ3v) is 3.63. The molecule has 0 atom stereocenters. The standard InChI is InChI=1S/C17H21NO2/c1-12-9-16(15-7-6-13(2)14(3)10-15)18(11-12)8-4-5-17(19)20/h6-7,9-11H,4-5,8H2,1-3H3,(H,19,20). The number of aryl methyl sites for hydroxylation is 4. The summed E-state index contributed by atoms with van der Waals surface area (Å²) in [6.07, 6.45) is 2.96. The lowest BCUT2D eigenvalue weighted by Gasteiger charge is -2.10. The van der Waals surface area contributed by atoms with Gasteiger partial charge in [-0.3, -0.25) is 4.79 Å². The molecule has 0 aliphatic heterocycles. The van der Waals surface area contributed by atoms with Crippen LogP contribution in [0.3, 0.4) is 0 Å². The van der Waals surface area contributed by atoms with Crippen LogP contribution in [-0.2, 0) is 11.3 Å². The third kappa shape index (κ3) is 3.29. The molecular weight excluding hydrogens is 250 g/mol. The molecular formula is C17H21NO2. The van der Waals surface area contributed by atoms with Gasteiger partial charge in [0.05, 0.1) is 0 Å². The maximum absolute atomic E-state index is 10.6. The number of aliphatic carboxylic acids is 1. The van der Waals surface area contributed by atoms with E-state index in [2.05, 4.69) is 55.8 Å². The first-order chi connectivity index (χ1) is 9.47. The molecule has 0 saturated carbocycles. The van der Waals surface area contributed by atoms with Gasteiger partial charge < -0.3 is 9.67 Å². The number of rotatable bonds is 5. The highest BCUT2D eigenvalue weighted by Crippen LogP contribution is 2.25. The van der Waals surface area contributed by atoms with Gasteiger partial charge >= 0.3 is 5.97 Å². The highest BCUT2D eigenvalue weighted by Gasteiger charge is 2.08. The van der Waals surface area contributed by atoms with Crippen molar-refractivity contribution in [2.45, 2.75) is 40.2 Å². The molecule has 1 N–H and O–H groups in total. The van der Waals surface area contributed by atoms with E-state index in [1.807, 2.05) is 0 Å². The SMILES string of the molecule is Cc1cc(-c2ccc(C)c(C)c2)n(CCCC(=O)O)c1. The van der Waals surface area contributed by atoms with Crippen LogP contribution in [0.25, 0.3) is 11.3 Å². The first-order valence-corrected chi connectivity index (χ1v) is 6.93. The van der Waals surface area contributed by atoms with E-state index in [4.69, 9.17) is 5.11 Å². The average molecular weight is 271 g/mol. The van der Waals surface area contributed by atoms with Crippen LogP contribution in [0.2, 0.25) is 0 Å². The second-order valence-electron chi connectivity index (χ2n) is 5.39. The Balaban J connectivity index is 2.26. The van der Waals surface area contributed by atoms with E-state index < -0.39 is 5.97 Å². The Kier molecular flexibility index (Phi) is 4.28. The highest BCUT2D eigenvalue weighted by atomic mass is 16.4. The Morgan fingerprint density at radius 3 is 2.55 bits per heavy atom. The van der Waals surface area contributed by atoms with Crippen molar-refractivity contribution in [3.63, 3.8) is 0 Å². The first kappa shape index (κ1) is 14.4. The minimum absolute atomic E-state index is 0.212. The van der Waals surface area contributed by atoms with Crippen LogP contribution < -0.4 is 0 Å². The van der Waals surface area contributed by atoms with Crippen molar-refractivity contribution >= 4 is 5.97 Å². The molecule has 2 rings (SSSR count). The van der Waals surface area contributed by atoms with E-state index in [0.29, 0.717) is 6.42 Å². The maximum Gasteiger partial charge on any atom is 0.303 e. The largest absolute Gasteiger partial charge is 0.481 e. The van der Waals surface area contributed by atoms with Crippen LogP contribution in [0, 0.1) is 20.8 Å². The van der Waals surface area contributed by atoms with Gasteiger partial charge in [0.25, 0.3) is 0 Å². The molecule has 0 aliphatic carbocycles. The summed E-state index contributed by atoms with van der Waals surface area (Å²) in [5.74, 6) is -0.735. The monoisotopic (exact) mass is 271 g/mol. The van der Waals surface area contributed by atoms with Crippen LogP contribution in [0.5, 0.6) is 0 Å². The van der Waals surface area contributed by atoms with Crippen LogP contribution in [0.15, 0.2) is 30.5 Å². The summed E-state index contributed by atoms with van der Waals surface area (Å²) >= 11 is 0. The lowest BCUT2D eigenvalue weighted by Crippen LogP contribution is -2.02. The molecule has 106 valence electrons. The summed E-state index contributed by atoms with van der Waals surface area (Å²) in [5.41, 5.74) is 6.12. The Labute approximate surface area is 119 Å². The molecule has 1 aromatic heterocycles. The van der Waals surface area contributed by atoms with Crippen LogP contribution >= 0.6 is 0 Å². The number of carboxylic acids is 1. The summed E-state index contributed by atoms with van der Waals surface area (Å²) in [6.45, 7) is 7.03. The Hall–Kier alpha value is -2.03. The lowest BCUT2D eigenvalue weighted by molar-refractivity contribution is -0.137. The van der Waals surface area contributed by atoms with Crippen molar-refractivity contribution in [3.8, 4) is 11.3 Å². The molecule has 3 nitrogen and oxygen atoms in total. The topological polar surface area (TPSA) is 42.2 Å². The Morgan fingerprint density at radius 1 is 1.15 bits per heavy atom. The number of benzene rings is 1. The van der Waals surface area contributed by atoms with Crippen molar-refractivity contribution in [1.82, 2.24) is 4.57 Å². The van der Waals surface area contributed by atoms with E-state index in [1.54, 1.807) is 0 Å². The van der Waals surface area contributed by atoms with E-state index in [9.17, 15) is 4.79 Å². The van der Waals surface area contributed by atoms with Gasteiger partial charge in [-0.15, -0.1) is 0 Å². The zero-order valence-corrected chi connectivity index (χ0v) is 12.3. The summed E-state index contributed by atoms with van der Waals surface area (Å²) in [5, 5.41) is 8.74. The normalized spacial score (nSPS) is 10.8. The van der Waals surface area contributed by atoms with E-state index in [-0.39, 0.29) is 6.42 Å². The summed E-state index contributed by atoms with van der Waals surface area (Å²) in [4.78, 5) is 10.6. The van der Waals surface area contributed by atoms with Crippen LogP contribution in [0.4, 0.5) is 0 Å². The fourth-order valence-corrected chi connectivity index (χ4v) is 2.39. The summed E-state index contributed by atoms with van der Waals surface area (Å²) < 4.78 is 2.16. The van der Waals surface area contributed by atoms with Crippen LogP contribution in [0.1, 0.15) is 29.5 Å². The molecule has 0 aliphatic rings. The van der Waals surface area contributed by atoms with Gasteiger partial charge in [0.1, 0.15) is 0 Å². The van der Waals surface area contributed by atoms with E-state index in [0.717, 1.165) is 12.2 Å². The number of hydrogen-bond donors (Lipinski definition) is 1. The molecule has 0 radical (unpaired) electrons. The van der Waals surface area contributed by atoms with Gasteiger partial charge in [-0.25, -0.2) is 0 Å². The smallest absolute Gasteiger partial charge is 0.303 e. The number of carbonyl (C=O) groups is 1. The van der Waals surface area contributed by atoms with Crippen molar-refractivity contribution in [3.05, 3.63) is 47.2 Å². The van der Waals surface area contributed by atoms with Crippen molar-refractivity contribution in [2.24, 2.45) is 0 Å². The quantitative estimate of drug-likeness (QED) is 0.894. The van der Waals surface area contributed by atoms with Gasteiger partial charge in [-0.05, 0) is 61.6 Å². The zero-order valence-electron chi connectivity index (χ0n) is 12.3. The molecule has 0 fully saturated rings. The van der Waals surface area contributed by atoms with Crippen LogP contribution in [-0.4, -0.2) is 15.6 Å². The predicted octanol–water partition coefficient (Wildman–Crippen LogP) is 3.95. The number of nitrogens with zero attached hydrogens (tertiary/aromatic N) is 1. The first-order valence-electron chi connectivity index (χ1n) is 6.93. The predicted molar refractivity (Wildman–Crippen MR) is 80.9 cm³/mol. The minimum atomic E-state index is -0.735. The number of carboxylic acid groups (broad SMARTS) is 1. The molecule has 0 saturated heterocycles. The molecule has 1 aromatic carbocycles. The van der Waals surface area contributed by atoms with Gasteiger partial charge in [0.15, 0.2) is 0 Å². The van der Waals surface area contributed by atoms with Gasteiger partial charge in [0, 0.05) is 24.9 Å². The second-order valence-corrected chi connectivity index (χ2v) is 5.39. The lowest BCUT2D eigenvalue weighted by atomic mass is 10.0. The van der Waals surface area contributed by atoms with Crippen molar-refractivity contribution in [2.75, 3.05) is 0 Å². The third-order valence-electron chi connectivity index (χ3n) is 3.63. The molecule has 0 spiro atoms. The average Bonchev–Trinajstić information content (AvgIpc) is 2.73. The maximum atomic E-state index is 10.6. The van der Waals surface area contributed by atoms with Crippen molar-refractivity contribution < 1.29 is 9.90 Å². The summed E-state index contributed by atoms with van der Waals surface area (Å²) in [6, 6.07) is 8.61. The molecule has 1 heterocycles. The molecule has 3 heteroatoms. The number of hydrogen-bond acceptors (Lipinski definition) is 1. The molecule has 0 bridgehead atoms. The van der Waals surface area contributed by atoms with Gasteiger partial charge in [-0.1, -0.05) is 12.1 Å². The fraction of sp³-hybridized carbons (Fsp3) is 0.353. The van der Waals surface area contributed by atoms with E-state index in [1.165, 1.54) is 22.3 Å². The molecule has 0 amide bonds. The van der Waals surface area contributed by atoms with Gasteiger partial charge in [0.2, 0.25) is 0 Å². The summed E-state index contributed by atoms with van der Waals surface area (Å²) in [7, 11) is 0. The Bertz CT molecular complexity index is 626. The molecule has 0 unspecified atom stereocenters. The number of aromatic nitrogens is 1. The Morgan fingerprint density at radius 2 is 1.90 bits per heavy atom.